The second-order valence-electron chi connectivity index (χ2n) is 4.32. The number of hydrogen-bond donors (Lipinski definition) is 2. The molecule has 3 aromatic rings. The van der Waals surface area contributed by atoms with Gasteiger partial charge in [0.1, 0.15) is 11.3 Å². The fourth-order valence-electron chi connectivity index (χ4n) is 2.09. The van der Waals surface area contributed by atoms with Gasteiger partial charge in [-0.25, -0.2) is 4.98 Å². The Morgan fingerprint density at radius 2 is 2.30 bits per heavy atom. The Morgan fingerprint density at radius 3 is 3.00 bits per heavy atom. The third-order valence-corrected chi connectivity index (χ3v) is 3.10. The first-order chi connectivity index (χ1) is 9.81. The number of H-pyrrole nitrogens is 1. The molecular formula is C13H16N6O. The maximum atomic E-state index is 5.41. The van der Waals surface area contributed by atoms with E-state index in [1.165, 1.54) is 0 Å². The Hall–Kier alpha value is -2.57. The quantitative estimate of drug-likeness (QED) is 0.739. The van der Waals surface area contributed by atoms with Gasteiger partial charge in [0, 0.05) is 13.6 Å². The summed E-state index contributed by atoms with van der Waals surface area (Å²) in [6, 6.07) is 3.83. The van der Waals surface area contributed by atoms with Gasteiger partial charge in [0.25, 0.3) is 0 Å². The Kier molecular flexibility index (Phi) is 3.24. The first-order valence-electron chi connectivity index (χ1n) is 6.48. The van der Waals surface area contributed by atoms with Crippen molar-refractivity contribution in [3.8, 4) is 0 Å². The van der Waals surface area contributed by atoms with Crippen LogP contribution in [0.25, 0.3) is 11.2 Å². The summed E-state index contributed by atoms with van der Waals surface area (Å²) in [6.07, 6.45) is 3.30. The lowest BCUT2D eigenvalue weighted by atomic mass is 10.3. The normalized spacial score (nSPS) is 10.9. The van der Waals surface area contributed by atoms with Gasteiger partial charge in [-0.15, -0.1) is 0 Å². The molecule has 7 heteroatoms. The predicted octanol–water partition coefficient (Wildman–Crippen LogP) is 2.01. The number of aromatic nitrogens is 4. The summed E-state index contributed by atoms with van der Waals surface area (Å²) in [5.41, 5.74) is 1.48. The Bertz CT molecular complexity index is 690. The van der Waals surface area contributed by atoms with E-state index in [0.29, 0.717) is 18.1 Å². The maximum Gasteiger partial charge on any atom is 0.226 e. The van der Waals surface area contributed by atoms with Crippen LogP contribution in [0, 0.1) is 0 Å². The number of imidazole rings is 1. The SMILES string of the molecule is CCN(Cc1ccco1)c1nc(NC)nc2nc[nH]c12. The summed E-state index contributed by atoms with van der Waals surface area (Å²) in [5.74, 6) is 2.26. The number of aromatic amines is 1. The smallest absolute Gasteiger partial charge is 0.226 e. The van der Waals surface area contributed by atoms with Gasteiger partial charge in [0.05, 0.1) is 19.1 Å². The molecular weight excluding hydrogens is 256 g/mol. The van der Waals surface area contributed by atoms with Crippen LogP contribution in [-0.2, 0) is 6.54 Å². The lowest BCUT2D eigenvalue weighted by molar-refractivity contribution is 0.503. The molecule has 0 bridgehead atoms. The van der Waals surface area contributed by atoms with Gasteiger partial charge in [0.15, 0.2) is 11.5 Å². The molecule has 104 valence electrons. The van der Waals surface area contributed by atoms with Crippen LogP contribution in [-0.4, -0.2) is 33.5 Å². The number of rotatable bonds is 5. The van der Waals surface area contributed by atoms with Crippen LogP contribution in [0.1, 0.15) is 12.7 Å². The topological polar surface area (TPSA) is 82.9 Å². The summed E-state index contributed by atoms with van der Waals surface area (Å²) < 4.78 is 5.41. The average Bonchev–Trinajstić information content (AvgIpc) is 3.14. The molecule has 0 aliphatic rings. The van der Waals surface area contributed by atoms with E-state index in [-0.39, 0.29) is 0 Å². The molecule has 0 aromatic carbocycles. The molecule has 7 nitrogen and oxygen atoms in total. The Labute approximate surface area is 116 Å². The summed E-state index contributed by atoms with van der Waals surface area (Å²) in [7, 11) is 1.79. The number of nitrogens with zero attached hydrogens (tertiary/aromatic N) is 4. The third kappa shape index (κ3) is 2.18. The fraction of sp³-hybridized carbons (Fsp3) is 0.308. The highest BCUT2D eigenvalue weighted by Crippen LogP contribution is 2.24. The molecule has 2 N–H and O–H groups in total. The largest absolute Gasteiger partial charge is 0.467 e. The summed E-state index contributed by atoms with van der Waals surface area (Å²) >= 11 is 0. The van der Waals surface area contributed by atoms with Crippen molar-refractivity contribution in [1.29, 1.82) is 0 Å². The van der Waals surface area contributed by atoms with Crippen molar-refractivity contribution >= 4 is 22.9 Å². The average molecular weight is 272 g/mol. The van der Waals surface area contributed by atoms with Crippen LogP contribution in [0.2, 0.25) is 0 Å². The lowest BCUT2D eigenvalue weighted by Crippen LogP contribution is -2.23. The molecule has 0 atom stereocenters. The number of anilines is 2. The van der Waals surface area contributed by atoms with Gasteiger partial charge < -0.3 is 19.6 Å². The molecule has 20 heavy (non-hydrogen) atoms. The summed E-state index contributed by atoms with van der Waals surface area (Å²) in [4.78, 5) is 18.3. The zero-order chi connectivity index (χ0) is 13.9. The van der Waals surface area contributed by atoms with Crippen molar-refractivity contribution in [1.82, 2.24) is 19.9 Å². The third-order valence-electron chi connectivity index (χ3n) is 3.10. The molecule has 0 saturated carbocycles. The minimum absolute atomic E-state index is 0.553. The van der Waals surface area contributed by atoms with Gasteiger partial charge in [0.2, 0.25) is 5.95 Å². The fourth-order valence-corrected chi connectivity index (χ4v) is 2.09. The van der Waals surface area contributed by atoms with E-state index in [1.807, 2.05) is 12.1 Å². The van der Waals surface area contributed by atoms with Gasteiger partial charge in [-0.05, 0) is 19.1 Å². The highest BCUT2D eigenvalue weighted by molar-refractivity contribution is 5.84. The van der Waals surface area contributed by atoms with E-state index < -0.39 is 0 Å². The molecule has 0 saturated heterocycles. The number of hydrogen-bond acceptors (Lipinski definition) is 6. The molecule has 3 rings (SSSR count). The van der Waals surface area contributed by atoms with Gasteiger partial charge in [-0.2, -0.15) is 9.97 Å². The Balaban J connectivity index is 2.03. The first-order valence-corrected chi connectivity index (χ1v) is 6.48. The zero-order valence-electron chi connectivity index (χ0n) is 11.4. The standard InChI is InChI=1S/C13H16N6O/c1-3-19(7-9-5-4-6-20-9)12-10-11(16-8-15-10)17-13(14-2)18-12/h4-6,8H,3,7H2,1-2H3,(H2,14,15,16,17,18). The zero-order valence-corrected chi connectivity index (χ0v) is 11.4. The van der Waals surface area contributed by atoms with E-state index in [9.17, 15) is 0 Å². The van der Waals surface area contributed by atoms with Crippen LogP contribution in [0.3, 0.4) is 0 Å². The molecule has 0 amide bonds. The van der Waals surface area contributed by atoms with Crippen LogP contribution >= 0.6 is 0 Å². The molecule has 3 heterocycles. The first kappa shape index (κ1) is 12.5. The van der Waals surface area contributed by atoms with Crippen molar-refractivity contribution < 1.29 is 4.42 Å². The van der Waals surface area contributed by atoms with Crippen molar-refractivity contribution in [3.05, 3.63) is 30.5 Å². The van der Waals surface area contributed by atoms with Gasteiger partial charge in [-0.3, -0.25) is 0 Å². The minimum atomic E-state index is 0.553. The Morgan fingerprint density at radius 1 is 1.40 bits per heavy atom. The number of nitrogens with one attached hydrogen (secondary N) is 2. The van der Waals surface area contributed by atoms with E-state index in [4.69, 9.17) is 4.42 Å². The van der Waals surface area contributed by atoms with Gasteiger partial charge in [-0.1, -0.05) is 0 Å². The molecule has 0 aliphatic carbocycles. The number of furan rings is 1. The van der Waals surface area contributed by atoms with Crippen LogP contribution < -0.4 is 10.2 Å². The van der Waals surface area contributed by atoms with Crippen LogP contribution in [0.4, 0.5) is 11.8 Å². The minimum Gasteiger partial charge on any atom is -0.467 e. The maximum absolute atomic E-state index is 5.41. The van der Waals surface area contributed by atoms with E-state index in [0.717, 1.165) is 23.6 Å². The summed E-state index contributed by atoms with van der Waals surface area (Å²) in [5, 5.41) is 2.96. The molecule has 0 aliphatic heterocycles. The van der Waals surface area contributed by atoms with Crippen LogP contribution in [0.15, 0.2) is 29.1 Å². The van der Waals surface area contributed by atoms with Gasteiger partial charge >= 0.3 is 0 Å². The lowest BCUT2D eigenvalue weighted by Gasteiger charge is -2.21. The van der Waals surface area contributed by atoms with Crippen LogP contribution in [0.5, 0.6) is 0 Å². The predicted molar refractivity (Wildman–Crippen MR) is 76.7 cm³/mol. The van der Waals surface area contributed by atoms with Crippen molar-refractivity contribution in [2.24, 2.45) is 0 Å². The molecule has 3 aromatic heterocycles. The van der Waals surface area contributed by atoms with Crippen molar-refractivity contribution in [3.63, 3.8) is 0 Å². The molecule has 0 fully saturated rings. The second-order valence-corrected chi connectivity index (χ2v) is 4.32. The van der Waals surface area contributed by atoms with E-state index in [1.54, 1.807) is 19.6 Å². The monoisotopic (exact) mass is 272 g/mol. The highest BCUT2D eigenvalue weighted by atomic mass is 16.3. The second kappa shape index (κ2) is 5.20. The summed E-state index contributed by atoms with van der Waals surface area (Å²) in [6.45, 7) is 3.53. The highest BCUT2D eigenvalue weighted by Gasteiger charge is 2.16. The van der Waals surface area contributed by atoms with Crippen molar-refractivity contribution in [2.45, 2.75) is 13.5 Å². The van der Waals surface area contributed by atoms with E-state index in [2.05, 4.69) is 37.1 Å². The van der Waals surface area contributed by atoms with E-state index >= 15 is 0 Å². The van der Waals surface area contributed by atoms with Crippen molar-refractivity contribution in [2.75, 3.05) is 23.8 Å². The molecule has 0 radical (unpaired) electrons. The number of fused-ring (bicyclic) bond motifs is 1. The molecule has 0 unspecified atom stereocenters. The molecule has 0 spiro atoms.